The van der Waals surface area contributed by atoms with Crippen molar-refractivity contribution in [2.75, 3.05) is 13.6 Å². The fraction of sp³-hybridized carbons (Fsp3) is 0.600. The molecule has 2 nitrogen and oxygen atoms in total. The number of benzene rings is 1. The Morgan fingerprint density at radius 3 is 2.71 bits per heavy atom. The van der Waals surface area contributed by atoms with Gasteiger partial charge in [0.15, 0.2) is 0 Å². The minimum atomic E-state index is -0.457. The molecule has 17 heavy (non-hydrogen) atoms. The van der Waals surface area contributed by atoms with Crippen molar-refractivity contribution in [1.29, 1.82) is 0 Å². The average Bonchev–Trinajstić information content (AvgIpc) is 2.34. The van der Waals surface area contributed by atoms with Gasteiger partial charge in [0.25, 0.3) is 0 Å². The monoisotopic (exact) mass is 233 g/mol. The number of aryl methyl sites for hydroxylation is 1. The molecule has 1 aromatic carbocycles. The van der Waals surface area contributed by atoms with E-state index in [-0.39, 0.29) is 0 Å². The lowest BCUT2D eigenvalue weighted by Gasteiger charge is -2.41. The van der Waals surface area contributed by atoms with Gasteiger partial charge in [0.05, 0.1) is 5.60 Å². The zero-order chi connectivity index (χ0) is 12.3. The lowest BCUT2D eigenvalue weighted by molar-refractivity contribution is -0.0415. The van der Waals surface area contributed by atoms with Crippen LogP contribution in [0.4, 0.5) is 0 Å². The van der Waals surface area contributed by atoms with Crippen molar-refractivity contribution < 1.29 is 5.11 Å². The van der Waals surface area contributed by atoms with E-state index in [0.29, 0.717) is 6.04 Å². The summed E-state index contributed by atoms with van der Waals surface area (Å²) >= 11 is 0. The first kappa shape index (κ1) is 12.6. The second-order valence-electron chi connectivity index (χ2n) is 5.49. The van der Waals surface area contributed by atoms with Gasteiger partial charge in [0.1, 0.15) is 0 Å². The van der Waals surface area contributed by atoms with E-state index in [9.17, 15) is 5.11 Å². The summed E-state index contributed by atoms with van der Waals surface area (Å²) in [7, 11) is 2.14. The van der Waals surface area contributed by atoms with Crippen LogP contribution in [0.2, 0.25) is 0 Å². The summed E-state index contributed by atoms with van der Waals surface area (Å²) in [6, 6.07) is 10.9. The zero-order valence-electron chi connectivity index (χ0n) is 10.9. The van der Waals surface area contributed by atoms with Gasteiger partial charge in [-0.3, -0.25) is 0 Å². The predicted octanol–water partition coefficient (Wildman–Crippen LogP) is 2.46. The third-order valence-electron chi connectivity index (χ3n) is 4.08. The SMILES string of the molecule is CC1CC(O)(CCc2ccccc2)CCN1C. The number of hydrogen-bond donors (Lipinski definition) is 1. The summed E-state index contributed by atoms with van der Waals surface area (Å²) in [5.41, 5.74) is 0.870. The molecule has 2 unspecified atom stereocenters. The molecule has 0 radical (unpaired) electrons. The first-order valence-corrected chi connectivity index (χ1v) is 6.56. The Balaban J connectivity index is 1.90. The molecule has 0 spiro atoms. The second-order valence-corrected chi connectivity index (χ2v) is 5.49. The molecule has 2 rings (SSSR count). The molecule has 1 aromatic rings. The van der Waals surface area contributed by atoms with E-state index in [1.165, 1.54) is 5.56 Å². The molecule has 0 amide bonds. The summed E-state index contributed by atoms with van der Waals surface area (Å²) in [4.78, 5) is 2.33. The minimum Gasteiger partial charge on any atom is -0.390 e. The summed E-state index contributed by atoms with van der Waals surface area (Å²) in [5, 5.41) is 10.6. The molecular formula is C15H23NO. The topological polar surface area (TPSA) is 23.5 Å². The fourth-order valence-corrected chi connectivity index (χ4v) is 2.66. The number of aliphatic hydroxyl groups is 1. The van der Waals surface area contributed by atoms with Gasteiger partial charge in [0.2, 0.25) is 0 Å². The molecule has 2 heteroatoms. The van der Waals surface area contributed by atoms with Gasteiger partial charge in [-0.15, -0.1) is 0 Å². The van der Waals surface area contributed by atoms with Gasteiger partial charge in [-0.25, -0.2) is 0 Å². The van der Waals surface area contributed by atoms with E-state index in [1.807, 2.05) is 6.07 Å². The Bertz CT molecular complexity index is 351. The van der Waals surface area contributed by atoms with E-state index in [1.54, 1.807) is 0 Å². The minimum absolute atomic E-state index is 0.457. The molecule has 0 bridgehead atoms. The maximum absolute atomic E-state index is 10.6. The van der Waals surface area contributed by atoms with Crippen LogP contribution in [0.5, 0.6) is 0 Å². The Morgan fingerprint density at radius 1 is 1.35 bits per heavy atom. The standard InChI is InChI=1S/C15H23NO/c1-13-12-15(17,10-11-16(13)2)9-8-14-6-4-3-5-7-14/h3-7,13,17H,8-12H2,1-2H3. The molecule has 1 aliphatic heterocycles. The van der Waals surface area contributed by atoms with Crippen LogP contribution in [0.25, 0.3) is 0 Å². The summed E-state index contributed by atoms with van der Waals surface area (Å²) < 4.78 is 0. The van der Waals surface area contributed by atoms with Crippen LogP contribution in [-0.4, -0.2) is 35.2 Å². The Hall–Kier alpha value is -0.860. The predicted molar refractivity (Wildman–Crippen MR) is 71.0 cm³/mol. The van der Waals surface area contributed by atoms with Gasteiger partial charge in [0, 0.05) is 12.6 Å². The van der Waals surface area contributed by atoms with E-state index in [0.717, 1.165) is 32.2 Å². The van der Waals surface area contributed by atoms with Crippen LogP contribution < -0.4 is 0 Å². The number of hydrogen-bond acceptors (Lipinski definition) is 2. The third kappa shape index (κ3) is 3.30. The average molecular weight is 233 g/mol. The smallest absolute Gasteiger partial charge is 0.0678 e. The van der Waals surface area contributed by atoms with E-state index in [2.05, 4.69) is 43.1 Å². The van der Waals surface area contributed by atoms with Crippen molar-refractivity contribution in [3.63, 3.8) is 0 Å². The second kappa shape index (κ2) is 5.19. The lowest BCUT2D eigenvalue weighted by atomic mass is 9.83. The van der Waals surface area contributed by atoms with Crippen molar-refractivity contribution in [3.8, 4) is 0 Å². The Kier molecular flexibility index (Phi) is 3.85. The van der Waals surface area contributed by atoms with Crippen molar-refractivity contribution in [1.82, 2.24) is 4.90 Å². The van der Waals surface area contributed by atoms with Gasteiger partial charge in [-0.2, -0.15) is 0 Å². The Labute approximate surface area is 104 Å². The van der Waals surface area contributed by atoms with Crippen LogP contribution in [0.15, 0.2) is 30.3 Å². The normalized spacial score (nSPS) is 30.4. The maximum Gasteiger partial charge on any atom is 0.0678 e. The maximum atomic E-state index is 10.6. The van der Waals surface area contributed by atoms with Crippen LogP contribution in [0.1, 0.15) is 31.7 Å². The van der Waals surface area contributed by atoms with Crippen LogP contribution in [0, 0.1) is 0 Å². The quantitative estimate of drug-likeness (QED) is 0.867. The van der Waals surface area contributed by atoms with Gasteiger partial charge in [-0.05, 0) is 45.2 Å². The van der Waals surface area contributed by atoms with Gasteiger partial charge >= 0.3 is 0 Å². The highest BCUT2D eigenvalue weighted by atomic mass is 16.3. The molecule has 0 aromatic heterocycles. The number of rotatable bonds is 3. The van der Waals surface area contributed by atoms with Crippen LogP contribution >= 0.6 is 0 Å². The molecule has 1 saturated heterocycles. The molecule has 94 valence electrons. The van der Waals surface area contributed by atoms with Crippen molar-refractivity contribution in [3.05, 3.63) is 35.9 Å². The van der Waals surface area contributed by atoms with Crippen molar-refractivity contribution in [2.45, 2.75) is 44.2 Å². The van der Waals surface area contributed by atoms with Crippen molar-refractivity contribution in [2.24, 2.45) is 0 Å². The summed E-state index contributed by atoms with van der Waals surface area (Å²) in [6.45, 7) is 3.21. The summed E-state index contributed by atoms with van der Waals surface area (Å²) in [5.74, 6) is 0. The highest BCUT2D eigenvalue weighted by molar-refractivity contribution is 5.15. The Morgan fingerprint density at radius 2 is 2.06 bits per heavy atom. The third-order valence-corrected chi connectivity index (χ3v) is 4.08. The number of piperidine rings is 1. The molecule has 0 aliphatic carbocycles. The highest BCUT2D eigenvalue weighted by Gasteiger charge is 2.34. The number of nitrogens with zero attached hydrogens (tertiary/aromatic N) is 1. The molecule has 1 N–H and O–H groups in total. The molecule has 0 saturated carbocycles. The van der Waals surface area contributed by atoms with E-state index in [4.69, 9.17) is 0 Å². The van der Waals surface area contributed by atoms with Crippen LogP contribution in [0.3, 0.4) is 0 Å². The number of likely N-dealkylation sites (tertiary alicyclic amines) is 1. The molecular weight excluding hydrogens is 210 g/mol. The zero-order valence-corrected chi connectivity index (χ0v) is 10.9. The van der Waals surface area contributed by atoms with Gasteiger partial charge < -0.3 is 10.0 Å². The highest BCUT2D eigenvalue weighted by Crippen LogP contribution is 2.29. The largest absolute Gasteiger partial charge is 0.390 e. The molecule has 2 atom stereocenters. The van der Waals surface area contributed by atoms with Gasteiger partial charge in [-0.1, -0.05) is 30.3 Å². The van der Waals surface area contributed by atoms with Crippen LogP contribution in [-0.2, 0) is 6.42 Å². The molecule has 1 fully saturated rings. The molecule has 1 heterocycles. The fourth-order valence-electron chi connectivity index (χ4n) is 2.66. The van der Waals surface area contributed by atoms with Crippen molar-refractivity contribution >= 4 is 0 Å². The van der Waals surface area contributed by atoms with E-state index < -0.39 is 5.60 Å². The first-order valence-electron chi connectivity index (χ1n) is 6.56. The summed E-state index contributed by atoms with van der Waals surface area (Å²) in [6.07, 6.45) is 3.67. The first-order chi connectivity index (χ1) is 8.09. The van der Waals surface area contributed by atoms with E-state index >= 15 is 0 Å². The molecule has 1 aliphatic rings. The lowest BCUT2D eigenvalue weighted by Crippen LogP contribution is -2.47.